The Balaban J connectivity index is 1.90. The van der Waals surface area contributed by atoms with E-state index in [2.05, 4.69) is 10.5 Å². The van der Waals surface area contributed by atoms with Crippen LogP contribution in [0.5, 0.6) is 5.75 Å². The fourth-order valence-electron chi connectivity index (χ4n) is 1.57. The minimum atomic E-state index is -0.472. The van der Waals surface area contributed by atoms with Crippen molar-refractivity contribution in [3.63, 3.8) is 0 Å². The molecule has 0 aliphatic heterocycles. The van der Waals surface area contributed by atoms with E-state index in [1.807, 2.05) is 0 Å². The summed E-state index contributed by atoms with van der Waals surface area (Å²) in [7, 11) is 0. The Labute approximate surface area is 152 Å². The van der Waals surface area contributed by atoms with E-state index < -0.39 is 5.91 Å². The van der Waals surface area contributed by atoms with E-state index in [4.69, 9.17) is 51.1 Å². The highest BCUT2D eigenvalue weighted by Gasteiger charge is 2.06. The Hall–Kier alpha value is -1.46. The molecule has 0 radical (unpaired) electrons. The number of hydrogen-bond acceptors (Lipinski definition) is 3. The van der Waals surface area contributed by atoms with Crippen molar-refractivity contribution in [1.82, 2.24) is 5.43 Å². The largest absolute Gasteiger partial charge is 0.482 e. The van der Waals surface area contributed by atoms with E-state index in [1.54, 1.807) is 30.3 Å². The lowest BCUT2D eigenvalue weighted by Crippen LogP contribution is -2.24. The number of hydrazone groups is 1. The Morgan fingerprint density at radius 3 is 2.48 bits per heavy atom. The van der Waals surface area contributed by atoms with Crippen molar-refractivity contribution in [3.05, 3.63) is 62.1 Å². The number of rotatable bonds is 5. The van der Waals surface area contributed by atoms with Gasteiger partial charge in [0.25, 0.3) is 5.91 Å². The van der Waals surface area contributed by atoms with Gasteiger partial charge in [0.1, 0.15) is 5.75 Å². The Morgan fingerprint density at radius 1 is 1.09 bits per heavy atom. The molecule has 0 fully saturated rings. The van der Waals surface area contributed by atoms with E-state index in [0.717, 1.165) is 0 Å². The normalized spacial score (nSPS) is 10.8. The van der Waals surface area contributed by atoms with Crippen LogP contribution in [0.4, 0.5) is 0 Å². The van der Waals surface area contributed by atoms with Crippen molar-refractivity contribution in [2.75, 3.05) is 6.61 Å². The molecule has 0 heterocycles. The molecule has 120 valence electrons. The third kappa shape index (κ3) is 5.29. The number of benzene rings is 2. The number of ether oxygens (including phenoxy) is 1. The maximum atomic E-state index is 11.7. The van der Waals surface area contributed by atoms with Gasteiger partial charge in [0.15, 0.2) is 6.61 Å². The standard InChI is InChI=1S/C15H10Cl4N2O2/c16-9-4-5-13(19)14(6-9)23-8-15(22)21-20-7-10-11(17)2-1-3-12(10)18/h1-7H,8H2,(H,21,22)/b20-7+. The van der Waals surface area contributed by atoms with Crippen molar-refractivity contribution >= 4 is 58.5 Å². The molecule has 0 aliphatic carbocycles. The van der Waals surface area contributed by atoms with Crippen LogP contribution in [0.15, 0.2) is 41.5 Å². The zero-order chi connectivity index (χ0) is 16.8. The van der Waals surface area contributed by atoms with Crippen LogP contribution >= 0.6 is 46.4 Å². The van der Waals surface area contributed by atoms with Gasteiger partial charge in [-0.15, -0.1) is 0 Å². The third-order valence-electron chi connectivity index (χ3n) is 2.63. The quantitative estimate of drug-likeness (QED) is 0.586. The average Bonchev–Trinajstić information content (AvgIpc) is 2.51. The maximum Gasteiger partial charge on any atom is 0.277 e. The number of hydrogen-bond donors (Lipinski definition) is 1. The first-order chi connectivity index (χ1) is 11.0. The first kappa shape index (κ1) is 17.9. The summed E-state index contributed by atoms with van der Waals surface area (Å²) >= 11 is 23.7. The molecule has 2 rings (SSSR count). The van der Waals surface area contributed by atoms with Crippen molar-refractivity contribution in [3.8, 4) is 5.75 Å². The second kappa shape index (κ2) is 8.41. The lowest BCUT2D eigenvalue weighted by atomic mass is 10.2. The Bertz CT molecular complexity index is 730. The summed E-state index contributed by atoms with van der Waals surface area (Å²) < 4.78 is 5.28. The zero-order valence-corrected chi connectivity index (χ0v) is 14.5. The van der Waals surface area contributed by atoms with Crippen LogP contribution in [0.1, 0.15) is 5.56 Å². The van der Waals surface area contributed by atoms with Gasteiger partial charge in [-0.05, 0) is 24.3 Å². The zero-order valence-electron chi connectivity index (χ0n) is 11.5. The first-order valence-corrected chi connectivity index (χ1v) is 7.82. The minimum Gasteiger partial charge on any atom is -0.482 e. The minimum absolute atomic E-state index is 0.270. The number of nitrogens with one attached hydrogen (secondary N) is 1. The molecule has 2 aromatic carbocycles. The van der Waals surface area contributed by atoms with Gasteiger partial charge < -0.3 is 4.74 Å². The van der Waals surface area contributed by atoms with Gasteiger partial charge >= 0.3 is 0 Å². The molecule has 0 spiro atoms. The molecule has 0 atom stereocenters. The molecule has 1 N–H and O–H groups in total. The van der Waals surface area contributed by atoms with Gasteiger partial charge in [0.2, 0.25) is 0 Å². The number of amides is 1. The van der Waals surface area contributed by atoms with Crippen molar-refractivity contribution in [2.24, 2.45) is 5.10 Å². The lowest BCUT2D eigenvalue weighted by molar-refractivity contribution is -0.123. The highest BCUT2D eigenvalue weighted by molar-refractivity contribution is 6.38. The molecule has 1 amide bonds. The number of nitrogens with zero attached hydrogens (tertiary/aromatic N) is 1. The predicted octanol–water partition coefficient (Wildman–Crippen LogP) is 4.83. The smallest absolute Gasteiger partial charge is 0.277 e. The van der Waals surface area contributed by atoms with E-state index in [1.165, 1.54) is 12.3 Å². The van der Waals surface area contributed by atoms with Crippen LogP contribution in [0, 0.1) is 0 Å². The molecule has 0 aromatic heterocycles. The van der Waals surface area contributed by atoms with Crippen molar-refractivity contribution < 1.29 is 9.53 Å². The fraction of sp³-hybridized carbons (Fsp3) is 0.0667. The fourth-order valence-corrected chi connectivity index (χ4v) is 2.40. The summed E-state index contributed by atoms with van der Waals surface area (Å²) in [5.74, 6) is -0.159. The summed E-state index contributed by atoms with van der Waals surface area (Å²) in [4.78, 5) is 11.7. The summed E-state index contributed by atoms with van der Waals surface area (Å²) in [5.41, 5.74) is 2.81. The van der Waals surface area contributed by atoms with Gasteiger partial charge in [-0.25, -0.2) is 5.43 Å². The Kier molecular flexibility index (Phi) is 6.54. The van der Waals surface area contributed by atoms with E-state index >= 15 is 0 Å². The highest BCUT2D eigenvalue weighted by atomic mass is 35.5. The summed E-state index contributed by atoms with van der Waals surface area (Å²) in [6.07, 6.45) is 1.36. The molecular formula is C15H10Cl4N2O2. The van der Waals surface area contributed by atoms with E-state index in [9.17, 15) is 4.79 Å². The number of carbonyl (C=O) groups is 1. The summed E-state index contributed by atoms with van der Waals surface area (Å²) in [6, 6.07) is 9.76. The molecule has 0 saturated carbocycles. The van der Waals surface area contributed by atoms with Crippen LogP contribution in [0.2, 0.25) is 20.1 Å². The van der Waals surface area contributed by atoms with E-state index in [-0.39, 0.29) is 6.61 Å². The molecule has 0 saturated heterocycles. The topological polar surface area (TPSA) is 50.7 Å². The van der Waals surface area contributed by atoms with Gasteiger partial charge in [0.05, 0.1) is 21.3 Å². The highest BCUT2D eigenvalue weighted by Crippen LogP contribution is 2.27. The van der Waals surface area contributed by atoms with Crippen LogP contribution in [-0.2, 0) is 4.79 Å². The molecule has 0 aliphatic rings. The van der Waals surface area contributed by atoms with Crippen LogP contribution in [0.3, 0.4) is 0 Å². The monoisotopic (exact) mass is 390 g/mol. The second-order valence-corrected chi connectivity index (χ2v) is 5.95. The molecule has 4 nitrogen and oxygen atoms in total. The summed E-state index contributed by atoms with van der Waals surface area (Å²) in [5, 5.41) is 5.45. The molecule has 8 heteroatoms. The maximum absolute atomic E-state index is 11.7. The molecular weight excluding hydrogens is 382 g/mol. The van der Waals surface area contributed by atoms with Crippen LogP contribution < -0.4 is 10.2 Å². The summed E-state index contributed by atoms with van der Waals surface area (Å²) in [6.45, 7) is -0.270. The van der Waals surface area contributed by atoms with Gasteiger partial charge in [0, 0.05) is 16.7 Å². The van der Waals surface area contributed by atoms with Crippen molar-refractivity contribution in [1.29, 1.82) is 0 Å². The van der Waals surface area contributed by atoms with E-state index in [0.29, 0.717) is 31.4 Å². The first-order valence-electron chi connectivity index (χ1n) is 6.31. The van der Waals surface area contributed by atoms with Crippen LogP contribution in [0.25, 0.3) is 0 Å². The average molecular weight is 392 g/mol. The van der Waals surface area contributed by atoms with Gasteiger partial charge in [-0.3, -0.25) is 4.79 Å². The SMILES string of the molecule is O=C(COc1cc(Cl)ccc1Cl)N/N=C/c1c(Cl)cccc1Cl. The number of halogens is 4. The lowest BCUT2D eigenvalue weighted by Gasteiger charge is -2.07. The molecule has 23 heavy (non-hydrogen) atoms. The second-order valence-electron chi connectivity index (χ2n) is 4.29. The molecule has 0 bridgehead atoms. The predicted molar refractivity (Wildman–Crippen MR) is 94.2 cm³/mol. The Morgan fingerprint density at radius 2 is 1.78 bits per heavy atom. The van der Waals surface area contributed by atoms with Crippen LogP contribution in [-0.4, -0.2) is 18.7 Å². The van der Waals surface area contributed by atoms with Gasteiger partial charge in [-0.2, -0.15) is 5.10 Å². The van der Waals surface area contributed by atoms with Crippen molar-refractivity contribution in [2.45, 2.75) is 0 Å². The third-order valence-corrected chi connectivity index (χ3v) is 3.84. The number of carbonyl (C=O) groups excluding carboxylic acids is 1. The van der Waals surface area contributed by atoms with Gasteiger partial charge in [-0.1, -0.05) is 52.5 Å². The molecule has 0 unspecified atom stereocenters. The molecule has 2 aromatic rings.